The van der Waals surface area contributed by atoms with E-state index in [4.69, 9.17) is 12.2 Å². The molecule has 0 radical (unpaired) electrons. The standard InChI is InChI=1S/C26H16F5N5OS/c27-17-3-9-22(21(28)12-17)34-25(38)35-33-13-15-1-8-20-16(11-15)2-10-23-24(20)32-14-36(23)18-4-6-19(7-5-18)37-26(29,30)31/h1-14H,(H2,34,35,38). The lowest BCUT2D eigenvalue weighted by atomic mass is 10.1. The molecule has 0 aliphatic rings. The van der Waals surface area contributed by atoms with E-state index < -0.39 is 18.0 Å². The number of ether oxygens (including phenoxy) is 1. The Bertz CT molecular complexity index is 1680. The second-order valence-electron chi connectivity index (χ2n) is 8.02. The number of benzene rings is 4. The number of nitrogens with zero attached hydrogens (tertiary/aromatic N) is 3. The van der Waals surface area contributed by atoms with Crippen LogP contribution in [-0.4, -0.2) is 27.2 Å². The van der Waals surface area contributed by atoms with Gasteiger partial charge in [0.2, 0.25) is 0 Å². The zero-order chi connectivity index (χ0) is 26.9. The van der Waals surface area contributed by atoms with E-state index in [1.165, 1.54) is 36.5 Å². The summed E-state index contributed by atoms with van der Waals surface area (Å²) in [5.74, 6) is -1.79. The van der Waals surface area contributed by atoms with Crippen LogP contribution in [0.1, 0.15) is 5.56 Å². The van der Waals surface area contributed by atoms with Gasteiger partial charge in [-0.25, -0.2) is 13.8 Å². The SMILES string of the molecule is Fc1ccc(NC(=S)NN=Cc2ccc3c(ccc4c3ncn4-c3ccc(OC(F)(F)F)cc3)c2)c(F)c1. The van der Waals surface area contributed by atoms with Crippen LogP contribution < -0.4 is 15.5 Å². The van der Waals surface area contributed by atoms with Gasteiger partial charge in [0.15, 0.2) is 5.11 Å². The van der Waals surface area contributed by atoms with Gasteiger partial charge in [-0.2, -0.15) is 5.10 Å². The second-order valence-corrected chi connectivity index (χ2v) is 8.43. The minimum absolute atomic E-state index is 0.0128. The summed E-state index contributed by atoms with van der Waals surface area (Å²) in [5, 5.41) is 8.43. The maximum Gasteiger partial charge on any atom is 0.573 e. The highest BCUT2D eigenvalue weighted by Gasteiger charge is 2.31. The minimum atomic E-state index is -4.76. The molecule has 38 heavy (non-hydrogen) atoms. The maximum atomic E-state index is 13.7. The van der Waals surface area contributed by atoms with Gasteiger partial charge >= 0.3 is 6.36 Å². The summed E-state index contributed by atoms with van der Waals surface area (Å²) >= 11 is 5.08. The molecule has 192 valence electrons. The van der Waals surface area contributed by atoms with E-state index in [1.807, 2.05) is 30.3 Å². The number of halogens is 5. The molecule has 0 saturated carbocycles. The summed E-state index contributed by atoms with van der Waals surface area (Å²) in [7, 11) is 0. The van der Waals surface area contributed by atoms with Crippen LogP contribution in [0.3, 0.4) is 0 Å². The van der Waals surface area contributed by atoms with Crippen molar-refractivity contribution in [2.75, 3.05) is 5.32 Å². The third kappa shape index (κ3) is 5.54. The van der Waals surface area contributed by atoms with Crippen LogP contribution in [0, 0.1) is 11.6 Å². The Morgan fingerprint density at radius 1 is 0.974 bits per heavy atom. The lowest BCUT2D eigenvalue weighted by Crippen LogP contribution is -2.24. The van der Waals surface area contributed by atoms with Gasteiger partial charge in [-0.05, 0) is 71.7 Å². The van der Waals surface area contributed by atoms with E-state index in [2.05, 4.69) is 25.6 Å². The van der Waals surface area contributed by atoms with Gasteiger partial charge in [-0.15, -0.1) is 13.2 Å². The molecular weight excluding hydrogens is 525 g/mol. The number of hydrazone groups is 1. The molecule has 1 heterocycles. The molecule has 0 unspecified atom stereocenters. The van der Waals surface area contributed by atoms with Crippen LogP contribution in [-0.2, 0) is 0 Å². The van der Waals surface area contributed by atoms with Crippen molar-refractivity contribution in [1.29, 1.82) is 0 Å². The molecule has 0 atom stereocenters. The van der Waals surface area contributed by atoms with E-state index in [9.17, 15) is 22.0 Å². The van der Waals surface area contributed by atoms with Crippen molar-refractivity contribution in [1.82, 2.24) is 15.0 Å². The van der Waals surface area contributed by atoms with Crippen LogP contribution in [0.25, 0.3) is 27.5 Å². The Labute approximate surface area is 217 Å². The third-order valence-corrected chi connectivity index (χ3v) is 5.66. The number of thiocarbonyl (C=S) groups is 1. The van der Waals surface area contributed by atoms with Gasteiger partial charge in [-0.1, -0.05) is 18.2 Å². The largest absolute Gasteiger partial charge is 0.573 e. The molecule has 0 bridgehead atoms. The average molecular weight is 542 g/mol. The smallest absolute Gasteiger partial charge is 0.406 e. The van der Waals surface area contributed by atoms with Crippen molar-refractivity contribution < 1.29 is 26.7 Å². The van der Waals surface area contributed by atoms with E-state index in [-0.39, 0.29) is 16.5 Å². The first-order valence-electron chi connectivity index (χ1n) is 11.0. The number of anilines is 1. The van der Waals surface area contributed by atoms with Crippen molar-refractivity contribution in [3.63, 3.8) is 0 Å². The molecule has 0 amide bonds. The summed E-state index contributed by atoms with van der Waals surface area (Å²) in [6.07, 6.45) is -1.63. The number of imidazole rings is 1. The molecule has 12 heteroatoms. The van der Waals surface area contributed by atoms with E-state index >= 15 is 0 Å². The van der Waals surface area contributed by atoms with Crippen molar-refractivity contribution in [2.24, 2.45) is 5.10 Å². The lowest BCUT2D eigenvalue weighted by Gasteiger charge is -2.10. The summed E-state index contributed by atoms with van der Waals surface area (Å²) in [6, 6.07) is 17.9. The first-order chi connectivity index (χ1) is 18.2. The fourth-order valence-corrected chi connectivity index (χ4v) is 3.99. The minimum Gasteiger partial charge on any atom is -0.406 e. The molecule has 0 fully saturated rings. The Kier molecular flexibility index (Phi) is 6.64. The lowest BCUT2D eigenvalue weighted by molar-refractivity contribution is -0.274. The third-order valence-electron chi connectivity index (χ3n) is 5.46. The van der Waals surface area contributed by atoms with Crippen LogP contribution in [0.5, 0.6) is 5.75 Å². The Hall–Kier alpha value is -4.58. The van der Waals surface area contributed by atoms with Gasteiger partial charge in [0.05, 0.1) is 22.9 Å². The average Bonchev–Trinajstić information content (AvgIpc) is 3.30. The normalized spacial score (nSPS) is 11.8. The van der Waals surface area contributed by atoms with Crippen LogP contribution >= 0.6 is 12.2 Å². The van der Waals surface area contributed by atoms with Crippen molar-refractivity contribution in [2.45, 2.75) is 6.36 Å². The molecule has 0 aliphatic carbocycles. The van der Waals surface area contributed by atoms with Crippen LogP contribution in [0.4, 0.5) is 27.6 Å². The maximum absolute atomic E-state index is 13.7. The van der Waals surface area contributed by atoms with Gasteiger partial charge < -0.3 is 10.1 Å². The Balaban J connectivity index is 1.31. The quantitative estimate of drug-likeness (QED) is 0.113. The number of fused-ring (bicyclic) bond motifs is 3. The number of aromatic nitrogens is 2. The second kappa shape index (κ2) is 10.1. The predicted octanol–water partition coefficient (Wildman–Crippen LogP) is 6.68. The zero-order valence-electron chi connectivity index (χ0n) is 19.1. The number of nitrogens with one attached hydrogen (secondary N) is 2. The fourth-order valence-electron chi connectivity index (χ4n) is 3.83. The van der Waals surface area contributed by atoms with Crippen molar-refractivity contribution in [3.8, 4) is 11.4 Å². The predicted molar refractivity (Wildman–Crippen MR) is 139 cm³/mol. The number of hydrogen-bond donors (Lipinski definition) is 2. The van der Waals surface area contributed by atoms with Gasteiger partial charge in [0, 0.05) is 17.1 Å². The number of hydrogen-bond acceptors (Lipinski definition) is 4. The van der Waals surface area contributed by atoms with E-state index in [1.54, 1.807) is 10.9 Å². The number of alkyl halides is 3. The van der Waals surface area contributed by atoms with Crippen LogP contribution in [0.15, 0.2) is 84.2 Å². The highest BCUT2D eigenvalue weighted by molar-refractivity contribution is 7.80. The molecule has 0 saturated heterocycles. The molecule has 1 aromatic heterocycles. The molecular formula is C26H16F5N5OS. The first-order valence-corrected chi connectivity index (χ1v) is 11.4. The zero-order valence-corrected chi connectivity index (χ0v) is 19.9. The van der Waals surface area contributed by atoms with Crippen molar-refractivity contribution in [3.05, 3.63) is 96.3 Å². The fraction of sp³-hybridized carbons (Fsp3) is 0.0385. The van der Waals surface area contributed by atoms with Gasteiger partial charge in [0.25, 0.3) is 0 Å². The van der Waals surface area contributed by atoms with Gasteiger partial charge in [0.1, 0.15) is 23.7 Å². The highest BCUT2D eigenvalue weighted by Crippen LogP contribution is 2.28. The molecule has 5 rings (SSSR count). The highest BCUT2D eigenvalue weighted by atomic mass is 32.1. The molecule has 0 spiro atoms. The summed E-state index contributed by atoms with van der Waals surface area (Å²) in [6.45, 7) is 0. The first kappa shape index (κ1) is 25.1. The molecule has 5 aromatic rings. The van der Waals surface area contributed by atoms with E-state index in [0.29, 0.717) is 11.2 Å². The topological polar surface area (TPSA) is 63.5 Å². The summed E-state index contributed by atoms with van der Waals surface area (Å²) in [5.41, 5.74) is 5.46. The Morgan fingerprint density at radius 2 is 1.76 bits per heavy atom. The summed E-state index contributed by atoms with van der Waals surface area (Å²) < 4.78 is 69.8. The van der Waals surface area contributed by atoms with Crippen molar-refractivity contribution >= 4 is 51.0 Å². The van der Waals surface area contributed by atoms with Crippen LogP contribution in [0.2, 0.25) is 0 Å². The van der Waals surface area contributed by atoms with E-state index in [0.717, 1.165) is 34.0 Å². The number of rotatable bonds is 5. The Morgan fingerprint density at radius 3 is 2.50 bits per heavy atom. The molecule has 6 nitrogen and oxygen atoms in total. The summed E-state index contributed by atoms with van der Waals surface area (Å²) in [4.78, 5) is 4.50. The molecule has 4 aromatic carbocycles. The van der Waals surface area contributed by atoms with Gasteiger partial charge in [-0.3, -0.25) is 9.99 Å². The monoisotopic (exact) mass is 541 g/mol. The molecule has 0 aliphatic heterocycles. The molecule has 2 N–H and O–H groups in total.